The molecule has 1 saturated heterocycles. The summed E-state index contributed by atoms with van der Waals surface area (Å²) in [4.78, 5) is 15.4. The maximum absolute atomic E-state index is 12.7. The molecule has 1 amide bonds. The molecule has 2 fully saturated rings. The number of benzene rings is 1. The van der Waals surface area contributed by atoms with Gasteiger partial charge in [0.2, 0.25) is 5.91 Å². The molecule has 0 bridgehead atoms. The summed E-state index contributed by atoms with van der Waals surface area (Å²) >= 11 is -1.04. The van der Waals surface area contributed by atoms with Gasteiger partial charge in [-0.05, 0) is 41.7 Å². The number of rotatable bonds is 4. The maximum atomic E-state index is 12.7. The molecule has 0 N–H and O–H groups in total. The monoisotopic (exact) mass is 331 g/mol. The van der Waals surface area contributed by atoms with Crippen molar-refractivity contribution < 1.29 is 9.35 Å². The Hall–Kier alpha value is -1.26. The third-order valence-electron chi connectivity index (χ3n) is 5.06. The highest BCUT2D eigenvalue weighted by Crippen LogP contribution is 2.29. The van der Waals surface area contributed by atoms with E-state index >= 15 is 0 Å². The highest BCUT2D eigenvalue weighted by Gasteiger charge is 2.37. The maximum Gasteiger partial charge on any atom is 0.225 e. The number of carbonyl (C=O) groups is 1. The fraction of sp³-hybridized carbons (Fsp3) is 0.526. The van der Waals surface area contributed by atoms with E-state index < -0.39 is 11.2 Å². The molecule has 1 aliphatic heterocycles. The van der Waals surface area contributed by atoms with Crippen molar-refractivity contribution >= 4 is 23.2 Å². The molecule has 1 aliphatic carbocycles. The van der Waals surface area contributed by atoms with Gasteiger partial charge in [0.25, 0.3) is 0 Å². The summed E-state index contributed by atoms with van der Waals surface area (Å²) in [5.74, 6) is 0.508. The van der Waals surface area contributed by atoms with Crippen molar-refractivity contribution in [2.24, 2.45) is 5.92 Å². The van der Waals surface area contributed by atoms with Gasteiger partial charge in [-0.1, -0.05) is 44.1 Å². The van der Waals surface area contributed by atoms with Crippen LogP contribution in [-0.2, 0) is 16.0 Å². The third kappa shape index (κ3) is 3.81. The van der Waals surface area contributed by atoms with Gasteiger partial charge in [0.05, 0.1) is 6.54 Å². The van der Waals surface area contributed by atoms with E-state index in [1.807, 2.05) is 29.2 Å². The van der Waals surface area contributed by atoms with Crippen LogP contribution in [0.25, 0.3) is 6.08 Å². The predicted molar refractivity (Wildman–Crippen MR) is 94.5 cm³/mol. The van der Waals surface area contributed by atoms with Crippen molar-refractivity contribution in [3.63, 3.8) is 0 Å². The normalized spacial score (nSPS) is 23.7. The summed E-state index contributed by atoms with van der Waals surface area (Å²) in [6, 6.07) is 7.72. The topological polar surface area (TPSA) is 43.4 Å². The lowest BCUT2D eigenvalue weighted by molar-refractivity contribution is -0.135. The van der Waals surface area contributed by atoms with Crippen LogP contribution >= 0.6 is 0 Å². The first kappa shape index (κ1) is 16.6. The van der Waals surface area contributed by atoms with Crippen molar-refractivity contribution in [2.75, 3.05) is 13.1 Å². The minimum Gasteiger partial charge on any atom is -0.611 e. The van der Waals surface area contributed by atoms with Crippen LogP contribution in [-0.4, -0.2) is 33.7 Å². The molecule has 3 rings (SSSR count). The number of amides is 1. The van der Waals surface area contributed by atoms with Crippen LogP contribution in [0.3, 0.4) is 0 Å². The van der Waals surface area contributed by atoms with Crippen LogP contribution in [0.5, 0.6) is 0 Å². The highest BCUT2D eigenvalue weighted by molar-refractivity contribution is 7.92. The molecule has 0 spiro atoms. The van der Waals surface area contributed by atoms with Gasteiger partial charge < -0.3 is 9.45 Å². The first-order chi connectivity index (χ1) is 11.2. The standard InChI is InChI=1S/C19H25NO2S/c1-2-15-8-10-17(11-9-15)23(22)18-12-13-20(14-18)19(21)16-6-4-3-5-7-16/h2,8-11,16,18H,1,3-7,12-14H2. The predicted octanol–water partition coefficient (Wildman–Crippen LogP) is 3.62. The number of carbonyl (C=O) groups excluding carboxylic acids is 1. The smallest absolute Gasteiger partial charge is 0.225 e. The molecule has 4 heteroatoms. The Morgan fingerprint density at radius 1 is 1.17 bits per heavy atom. The van der Waals surface area contributed by atoms with E-state index in [1.165, 1.54) is 19.3 Å². The second-order valence-electron chi connectivity index (χ2n) is 6.60. The number of hydrogen-bond acceptors (Lipinski definition) is 2. The Kier molecular flexibility index (Phi) is 5.44. The minimum absolute atomic E-state index is 0.0668. The Balaban J connectivity index is 1.59. The van der Waals surface area contributed by atoms with Crippen molar-refractivity contribution in [2.45, 2.75) is 48.7 Å². The molecule has 2 atom stereocenters. The summed E-state index contributed by atoms with van der Waals surface area (Å²) in [5.41, 5.74) is 1.03. The van der Waals surface area contributed by atoms with Gasteiger partial charge in [-0.15, -0.1) is 0 Å². The molecule has 2 unspecified atom stereocenters. The van der Waals surface area contributed by atoms with Crippen LogP contribution < -0.4 is 0 Å². The van der Waals surface area contributed by atoms with E-state index in [2.05, 4.69) is 6.58 Å². The van der Waals surface area contributed by atoms with E-state index in [9.17, 15) is 9.35 Å². The van der Waals surface area contributed by atoms with Crippen LogP contribution in [0.2, 0.25) is 0 Å². The molecular formula is C19H25NO2S. The molecule has 1 heterocycles. The molecule has 3 nitrogen and oxygen atoms in total. The number of hydrogen-bond donors (Lipinski definition) is 0. The molecule has 0 radical (unpaired) electrons. The summed E-state index contributed by atoms with van der Waals surface area (Å²) in [5, 5.41) is 0.0668. The van der Waals surface area contributed by atoms with Gasteiger partial charge in [-0.3, -0.25) is 4.79 Å². The van der Waals surface area contributed by atoms with E-state index in [4.69, 9.17) is 0 Å². The average molecular weight is 331 g/mol. The van der Waals surface area contributed by atoms with Crippen LogP contribution in [0.4, 0.5) is 0 Å². The van der Waals surface area contributed by atoms with Crippen LogP contribution in [0, 0.1) is 5.92 Å². The quantitative estimate of drug-likeness (QED) is 0.791. The molecule has 1 aromatic carbocycles. The molecular weight excluding hydrogens is 306 g/mol. The lowest BCUT2D eigenvalue weighted by Crippen LogP contribution is -2.37. The summed E-state index contributed by atoms with van der Waals surface area (Å²) in [6.45, 7) is 5.14. The average Bonchev–Trinajstić information content (AvgIpc) is 3.11. The Morgan fingerprint density at radius 3 is 2.52 bits per heavy atom. The molecule has 1 saturated carbocycles. The number of nitrogens with zero attached hydrogens (tertiary/aromatic N) is 1. The van der Waals surface area contributed by atoms with Crippen LogP contribution in [0.15, 0.2) is 35.7 Å². The lowest BCUT2D eigenvalue weighted by atomic mass is 9.88. The van der Waals surface area contributed by atoms with E-state index in [1.54, 1.807) is 6.08 Å². The third-order valence-corrected chi connectivity index (χ3v) is 6.79. The Morgan fingerprint density at radius 2 is 1.87 bits per heavy atom. The zero-order chi connectivity index (χ0) is 16.2. The summed E-state index contributed by atoms with van der Waals surface area (Å²) in [7, 11) is 0. The van der Waals surface area contributed by atoms with Gasteiger partial charge >= 0.3 is 0 Å². The molecule has 23 heavy (non-hydrogen) atoms. The fourth-order valence-corrected chi connectivity index (χ4v) is 5.07. The van der Waals surface area contributed by atoms with E-state index in [0.29, 0.717) is 12.5 Å². The molecule has 124 valence electrons. The zero-order valence-corrected chi connectivity index (χ0v) is 14.4. The van der Waals surface area contributed by atoms with Crippen LogP contribution in [0.1, 0.15) is 44.1 Å². The summed E-state index contributed by atoms with van der Waals surface area (Å²) < 4.78 is 12.7. The lowest BCUT2D eigenvalue weighted by Gasteiger charge is -2.26. The van der Waals surface area contributed by atoms with E-state index in [0.717, 1.165) is 36.3 Å². The van der Waals surface area contributed by atoms with E-state index in [-0.39, 0.29) is 11.2 Å². The van der Waals surface area contributed by atoms with Crippen molar-refractivity contribution in [3.8, 4) is 0 Å². The second kappa shape index (κ2) is 7.54. The van der Waals surface area contributed by atoms with Crippen molar-refractivity contribution in [3.05, 3.63) is 36.4 Å². The van der Waals surface area contributed by atoms with Crippen molar-refractivity contribution in [1.29, 1.82) is 0 Å². The molecule has 1 aromatic rings. The van der Waals surface area contributed by atoms with Gasteiger partial charge in [0, 0.05) is 18.9 Å². The fourth-order valence-electron chi connectivity index (χ4n) is 3.64. The highest BCUT2D eigenvalue weighted by atomic mass is 32.2. The second-order valence-corrected chi connectivity index (χ2v) is 8.33. The zero-order valence-electron chi connectivity index (χ0n) is 13.6. The van der Waals surface area contributed by atoms with Gasteiger partial charge in [-0.2, -0.15) is 0 Å². The van der Waals surface area contributed by atoms with Gasteiger partial charge in [0.15, 0.2) is 4.90 Å². The Bertz CT molecular complexity index is 551. The van der Waals surface area contributed by atoms with Crippen molar-refractivity contribution in [1.82, 2.24) is 4.90 Å². The first-order valence-corrected chi connectivity index (χ1v) is 9.82. The van der Waals surface area contributed by atoms with Gasteiger partial charge in [-0.25, -0.2) is 0 Å². The molecule has 2 aliphatic rings. The Labute approximate surface area is 141 Å². The first-order valence-electron chi connectivity index (χ1n) is 8.61. The molecule has 0 aromatic heterocycles. The SMILES string of the molecule is C=Cc1ccc([S+]([O-])C2CCN(C(=O)C3CCCCC3)C2)cc1. The minimum atomic E-state index is -1.04. The van der Waals surface area contributed by atoms with Gasteiger partial charge in [0.1, 0.15) is 5.25 Å². The summed E-state index contributed by atoms with van der Waals surface area (Å²) in [6.07, 6.45) is 8.31. The number of likely N-dealkylation sites (tertiary alicyclic amines) is 1. The largest absolute Gasteiger partial charge is 0.611 e.